The lowest BCUT2D eigenvalue weighted by molar-refractivity contribution is -0.385. The van der Waals surface area contributed by atoms with E-state index in [4.69, 9.17) is 35.5 Å². The first kappa shape index (κ1) is 73.0. The normalized spacial score (nSPS) is 9.73. The van der Waals surface area contributed by atoms with E-state index in [1.165, 1.54) is 139 Å². The molecular weight excluding hydrogens is 1420 g/mol. The average Bonchev–Trinajstić information content (AvgIpc) is 1.13. The highest BCUT2D eigenvalue weighted by molar-refractivity contribution is 9.11. The van der Waals surface area contributed by atoms with Crippen LogP contribution in [0, 0.1) is 20.2 Å². The van der Waals surface area contributed by atoms with Crippen LogP contribution in [-0.2, 0) is 18.9 Å². The minimum absolute atomic E-state index is 0.0289. The van der Waals surface area contributed by atoms with Crippen molar-refractivity contribution in [2.75, 3.05) is 34.2 Å². The number of hydrogen-bond donors (Lipinski definition) is 3. The number of aromatic hydroxyl groups is 1. The fourth-order valence-electron chi connectivity index (χ4n) is 6.66. The number of nitrogens with zero attached hydrogens (tertiary/aromatic N) is 7. The first-order valence-electron chi connectivity index (χ1n) is 26.4. The summed E-state index contributed by atoms with van der Waals surface area (Å²) in [5, 5.41) is 29.5. The summed E-state index contributed by atoms with van der Waals surface area (Å²) in [7, 11) is 5.18. The van der Waals surface area contributed by atoms with E-state index >= 15 is 0 Å². The maximum atomic E-state index is 11.3. The molecule has 5 aromatic carbocycles. The van der Waals surface area contributed by atoms with Crippen molar-refractivity contribution < 1.29 is 76.8 Å². The number of nitro groups is 2. The van der Waals surface area contributed by atoms with Crippen LogP contribution >= 0.6 is 47.8 Å². The number of halogens is 3. The Kier molecular flexibility index (Phi) is 29.5. The maximum Gasteiger partial charge on any atom is 0.339 e. The average molecular weight is 1470 g/mol. The number of carbonyl (C=O) groups is 5. The smallest absolute Gasteiger partial charge is 0.339 e. The monoisotopic (exact) mass is 1470 g/mol. The van der Waals surface area contributed by atoms with Crippen molar-refractivity contribution in [3.05, 3.63) is 275 Å². The predicted molar refractivity (Wildman–Crippen MR) is 350 cm³/mol. The molecule has 0 saturated carbocycles. The van der Waals surface area contributed by atoms with Crippen molar-refractivity contribution in [3.8, 4) is 51.7 Å². The zero-order valence-electron chi connectivity index (χ0n) is 49.5. The van der Waals surface area contributed by atoms with Crippen LogP contribution in [0.2, 0.25) is 0 Å². The molecule has 94 heavy (non-hydrogen) atoms. The summed E-state index contributed by atoms with van der Waals surface area (Å²) in [4.78, 5) is 94.7. The van der Waals surface area contributed by atoms with Crippen molar-refractivity contribution in [2.45, 2.75) is 0 Å². The number of nitro benzene ring substituents is 2. The first-order valence-corrected chi connectivity index (χ1v) is 28.7. The van der Waals surface area contributed by atoms with Gasteiger partial charge in [0, 0.05) is 74.4 Å². The number of nitrogens with two attached hydrogens (primary N) is 2. The molecule has 27 nitrogen and oxygen atoms in total. The molecule has 0 aliphatic heterocycles. The van der Waals surface area contributed by atoms with Crippen LogP contribution in [0.4, 0.5) is 17.1 Å². The number of esters is 4. The van der Waals surface area contributed by atoms with Gasteiger partial charge in [-0.1, -0.05) is 47.8 Å². The van der Waals surface area contributed by atoms with Gasteiger partial charge in [0.1, 0.15) is 51.7 Å². The fourth-order valence-corrected chi connectivity index (χ4v) is 7.46. The third-order valence-electron chi connectivity index (χ3n) is 11.1. The van der Waals surface area contributed by atoms with Gasteiger partial charge in [-0.05, 0) is 127 Å². The summed E-state index contributed by atoms with van der Waals surface area (Å²) in [6.45, 7) is 0. The van der Waals surface area contributed by atoms with Crippen molar-refractivity contribution in [1.82, 2.24) is 24.9 Å². The molecule has 0 saturated heterocycles. The molecule has 0 bridgehead atoms. The van der Waals surface area contributed by atoms with E-state index < -0.39 is 39.6 Å². The van der Waals surface area contributed by atoms with Gasteiger partial charge in [-0.25, -0.2) is 19.2 Å². The van der Waals surface area contributed by atoms with Crippen LogP contribution < -0.4 is 30.4 Å². The van der Waals surface area contributed by atoms with Crippen LogP contribution in [0.1, 0.15) is 51.8 Å². The Morgan fingerprint density at radius 1 is 0.372 bits per heavy atom. The van der Waals surface area contributed by atoms with E-state index in [0.717, 1.165) is 13.4 Å². The third-order valence-corrected chi connectivity index (χ3v) is 12.7. The Bertz CT molecular complexity index is 4060. The largest absolute Gasteiger partial charge is 0.506 e. The number of carbonyl (C=O) groups excluding carboxylic acids is 5. The fraction of sp³-hybridized carbons (Fsp3) is 0.0625. The summed E-state index contributed by atoms with van der Waals surface area (Å²) < 4.78 is 43.1. The molecule has 0 aliphatic rings. The Balaban J connectivity index is 0.000000207. The Labute approximate surface area is 559 Å². The zero-order valence-corrected chi connectivity index (χ0v) is 54.3. The molecule has 482 valence electrons. The molecule has 0 fully saturated rings. The van der Waals surface area contributed by atoms with Gasteiger partial charge in [0.15, 0.2) is 0 Å². The van der Waals surface area contributed by atoms with Gasteiger partial charge in [0.25, 0.3) is 11.4 Å². The molecule has 0 radical (unpaired) electrons. The number of amides is 1. The van der Waals surface area contributed by atoms with Crippen LogP contribution in [0.15, 0.2) is 227 Å². The number of ether oxygens (including phenoxy) is 8. The van der Waals surface area contributed by atoms with Crippen LogP contribution in [0.5, 0.6) is 51.7 Å². The maximum absolute atomic E-state index is 11.3. The molecule has 0 unspecified atom stereocenters. The van der Waals surface area contributed by atoms with E-state index in [1.54, 1.807) is 66.7 Å². The molecule has 30 heteroatoms. The summed E-state index contributed by atoms with van der Waals surface area (Å²) in [5.41, 5.74) is 13.0. The van der Waals surface area contributed by atoms with Gasteiger partial charge in [-0.2, -0.15) is 0 Å². The summed E-state index contributed by atoms with van der Waals surface area (Å²) in [6.07, 6.45) is 14.2. The van der Waals surface area contributed by atoms with E-state index in [1.807, 2.05) is 36.4 Å². The standard InChI is InChI=1S/C13H10BrNO3.C13H10N2O5.C13H12N2O3.C12H9BrN2O2.C7H7NO3.C6H4BrNO2/c1-17-13(16)9-6-12(8-15-7-9)18-11-4-2-10(14)3-5-11;1-19-13(16)9-6-12(8-14-7-9)20-11-4-2-10(3-5-11)15(17)18;1-17-13(16)9-6-12(8-15-7-9)18-11-4-2-10(14)3-5-11;13-9-1-3-10(4-2-9)17-11-5-8(12(14)16)6-15-7-11;1-11-7(10)5-2-6(9)4-8-3-5;7-5-1-3-6(4-2-5)8(9)10/h2-8H,1H3;2-8H,1H3;2-8H,14H2,1H3;1-7H,(H2,14,16);2-4,9H,1H3;1-4H. The zero-order chi connectivity index (χ0) is 68.5. The Morgan fingerprint density at radius 3 is 0.904 bits per heavy atom. The quantitative estimate of drug-likeness (QED) is 0.0282. The molecule has 10 rings (SSSR count). The van der Waals surface area contributed by atoms with E-state index in [0.29, 0.717) is 68.4 Å². The second-order valence-electron chi connectivity index (χ2n) is 17.8. The van der Waals surface area contributed by atoms with Crippen molar-refractivity contribution in [2.24, 2.45) is 5.73 Å². The molecule has 5 aromatic heterocycles. The van der Waals surface area contributed by atoms with Gasteiger partial charge in [-0.15, -0.1) is 0 Å². The van der Waals surface area contributed by atoms with E-state index in [2.05, 4.69) is 91.7 Å². The molecule has 0 atom stereocenters. The van der Waals surface area contributed by atoms with Gasteiger partial charge in [0.05, 0.1) is 97.1 Å². The summed E-state index contributed by atoms with van der Waals surface area (Å²) in [5.74, 6) is 1.61. The van der Waals surface area contributed by atoms with Crippen LogP contribution in [0.25, 0.3) is 0 Å². The van der Waals surface area contributed by atoms with E-state index in [-0.39, 0.29) is 28.3 Å². The van der Waals surface area contributed by atoms with Gasteiger partial charge in [-0.3, -0.25) is 49.9 Å². The number of aromatic nitrogens is 5. The molecule has 10 aromatic rings. The van der Waals surface area contributed by atoms with Crippen molar-refractivity contribution in [1.29, 1.82) is 0 Å². The molecule has 0 spiro atoms. The lowest BCUT2D eigenvalue weighted by atomic mass is 10.2. The lowest BCUT2D eigenvalue weighted by Crippen LogP contribution is -2.11. The number of anilines is 1. The summed E-state index contributed by atoms with van der Waals surface area (Å²) >= 11 is 9.85. The number of benzene rings is 5. The molecule has 5 N–H and O–H groups in total. The number of pyridine rings is 5. The predicted octanol–water partition coefficient (Wildman–Crippen LogP) is 13.9. The first-order chi connectivity index (χ1) is 45.1. The second-order valence-corrected chi connectivity index (χ2v) is 20.5. The number of hydrogen-bond acceptors (Lipinski definition) is 24. The molecular formula is C64H52Br3N9O18. The topological polar surface area (TPSA) is 382 Å². The SMILES string of the molecule is COC(=O)c1cncc(O)c1.COC(=O)c1cncc(Oc2ccc(Br)cc2)c1.COC(=O)c1cncc(Oc2ccc(N)cc2)c1.COC(=O)c1cncc(Oc2ccc([N+](=O)[O-])cc2)c1.NC(=O)c1cncc(Oc2ccc(Br)cc2)c1.O=[N+]([O-])c1ccc(Br)cc1. The van der Waals surface area contributed by atoms with Crippen LogP contribution in [0.3, 0.4) is 0 Å². The minimum atomic E-state index is -0.529. The highest BCUT2D eigenvalue weighted by Crippen LogP contribution is 2.28. The van der Waals surface area contributed by atoms with Crippen molar-refractivity contribution >= 4 is 94.6 Å². The third kappa shape index (κ3) is 25.6. The Hall–Kier alpha value is -11.8. The number of primary amides is 1. The highest BCUT2D eigenvalue weighted by Gasteiger charge is 2.13. The Morgan fingerprint density at radius 2 is 0.617 bits per heavy atom. The van der Waals surface area contributed by atoms with Crippen LogP contribution in [-0.4, -0.2) is 98.1 Å². The summed E-state index contributed by atoms with van der Waals surface area (Å²) in [6, 6.07) is 40.8. The second kappa shape index (κ2) is 38.1. The lowest BCUT2D eigenvalue weighted by Gasteiger charge is -2.06. The highest BCUT2D eigenvalue weighted by atomic mass is 79.9. The van der Waals surface area contributed by atoms with Gasteiger partial charge < -0.3 is 54.5 Å². The molecule has 0 aliphatic carbocycles. The minimum Gasteiger partial charge on any atom is -0.506 e. The number of nitrogen functional groups attached to an aromatic ring is 1. The number of non-ortho nitro benzene ring substituents is 2. The molecule has 1 amide bonds. The van der Waals surface area contributed by atoms with Gasteiger partial charge >= 0.3 is 23.9 Å². The number of rotatable bonds is 15. The van der Waals surface area contributed by atoms with Gasteiger partial charge in [0.2, 0.25) is 5.91 Å². The molecule has 5 heterocycles. The number of methoxy groups -OCH3 is 4. The van der Waals surface area contributed by atoms with Crippen molar-refractivity contribution in [3.63, 3.8) is 0 Å². The van der Waals surface area contributed by atoms with E-state index in [9.17, 15) is 44.2 Å².